The largest absolute Gasteiger partial charge is 0.469 e. The number of ether oxygens (including phenoxy) is 1. The van der Waals surface area contributed by atoms with Gasteiger partial charge in [-0.25, -0.2) is 8.42 Å². The molecule has 1 aliphatic rings. The lowest BCUT2D eigenvalue weighted by atomic mass is 9.96. The fraction of sp³-hybridized carbons (Fsp3) is 0.579. The van der Waals surface area contributed by atoms with E-state index in [-0.39, 0.29) is 17.8 Å². The van der Waals surface area contributed by atoms with E-state index in [9.17, 15) is 18.0 Å². The first-order valence-electron chi connectivity index (χ1n) is 8.99. The summed E-state index contributed by atoms with van der Waals surface area (Å²) in [4.78, 5) is 26.3. The Kier molecular flexibility index (Phi) is 6.51. The topological polar surface area (TPSA) is 84.0 Å². The van der Waals surface area contributed by atoms with Crippen LogP contribution in [0.5, 0.6) is 0 Å². The smallest absolute Gasteiger partial charge is 0.308 e. The first kappa shape index (κ1) is 21.2. The van der Waals surface area contributed by atoms with Gasteiger partial charge < -0.3 is 9.64 Å². The van der Waals surface area contributed by atoms with Crippen molar-refractivity contribution >= 4 is 27.6 Å². The number of piperidine rings is 1. The normalized spacial score (nSPS) is 16.7. The number of esters is 1. The van der Waals surface area contributed by atoms with Gasteiger partial charge in [-0.2, -0.15) is 0 Å². The summed E-state index contributed by atoms with van der Waals surface area (Å²) in [6, 6.07) is 4.67. The van der Waals surface area contributed by atoms with Crippen molar-refractivity contribution in [1.29, 1.82) is 0 Å². The van der Waals surface area contributed by atoms with Crippen LogP contribution in [-0.4, -0.2) is 57.7 Å². The highest BCUT2D eigenvalue weighted by Gasteiger charge is 2.35. The lowest BCUT2D eigenvalue weighted by molar-refractivity contribution is -0.149. The van der Waals surface area contributed by atoms with Gasteiger partial charge in [0, 0.05) is 13.1 Å². The monoisotopic (exact) mass is 396 g/mol. The number of likely N-dealkylation sites (tertiary alicyclic amines) is 1. The lowest BCUT2D eigenvalue weighted by Gasteiger charge is -2.36. The van der Waals surface area contributed by atoms with Gasteiger partial charge in [-0.15, -0.1) is 0 Å². The van der Waals surface area contributed by atoms with Crippen LogP contribution in [0.3, 0.4) is 0 Å². The Labute approximate surface area is 161 Å². The van der Waals surface area contributed by atoms with Crippen molar-refractivity contribution in [3.05, 3.63) is 29.3 Å². The second kappa shape index (κ2) is 8.29. The van der Waals surface area contributed by atoms with E-state index in [0.717, 1.165) is 17.4 Å². The van der Waals surface area contributed by atoms with Gasteiger partial charge in [-0.1, -0.05) is 12.1 Å². The van der Waals surface area contributed by atoms with Crippen LogP contribution < -0.4 is 4.31 Å². The highest BCUT2D eigenvalue weighted by atomic mass is 32.2. The molecule has 0 aliphatic carbocycles. The number of aryl methyl sites for hydroxylation is 2. The van der Waals surface area contributed by atoms with E-state index in [2.05, 4.69) is 0 Å². The summed E-state index contributed by atoms with van der Waals surface area (Å²) in [5.41, 5.74) is 2.22. The molecule has 0 unspecified atom stereocenters. The van der Waals surface area contributed by atoms with E-state index in [4.69, 9.17) is 4.74 Å². The van der Waals surface area contributed by atoms with Crippen LogP contribution in [0, 0.1) is 19.8 Å². The lowest BCUT2D eigenvalue weighted by Crippen LogP contribution is -2.52. The minimum atomic E-state index is -3.66. The molecule has 1 aromatic carbocycles. The molecule has 1 fully saturated rings. The van der Waals surface area contributed by atoms with E-state index in [0.29, 0.717) is 31.6 Å². The summed E-state index contributed by atoms with van der Waals surface area (Å²) in [7, 11) is -2.30. The SMILES string of the molecule is COC(=O)C1CCN(C(=O)[C@@H](C)N(c2cc(C)ccc2C)S(C)(=O)=O)CC1. The van der Waals surface area contributed by atoms with Crippen molar-refractivity contribution in [3.8, 4) is 0 Å². The third-order valence-electron chi connectivity index (χ3n) is 5.01. The number of carbonyl (C=O) groups is 2. The predicted molar refractivity (Wildman–Crippen MR) is 104 cm³/mol. The number of hydrogen-bond acceptors (Lipinski definition) is 5. The average molecular weight is 397 g/mol. The van der Waals surface area contributed by atoms with Crippen LogP contribution in [0.4, 0.5) is 5.69 Å². The number of benzene rings is 1. The van der Waals surface area contributed by atoms with Gasteiger partial charge in [0.25, 0.3) is 0 Å². The molecule has 0 aromatic heterocycles. The molecule has 1 aromatic rings. The number of amides is 1. The molecule has 0 N–H and O–H groups in total. The first-order chi connectivity index (χ1) is 12.6. The van der Waals surface area contributed by atoms with Gasteiger partial charge in [0.1, 0.15) is 6.04 Å². The quantitative estimate of drug-likeness (QED) is 0.710. The summed E-state index contributed by atoms with van der Waals surface area (Å²) in [5, 5.41) is 0. The highest BCUT2D eigenvalue weighted by Crippen LogP contribution is 2.28. The summed E-state index contributed by atoms with van der Waals surface area (Å²) >= 11 is 0. The highest BCUT2D eigenvalue weighted by molar-refractivity contribution is 7.92. The molecular formula is C19H28N2O5S. The van der Waals surface area contributed by atoms with Crippen LogP contribution in [0.15, 0.2) is 18.2 Å². The standard InChI is InChI=1S/C19H28N2O5S/c1-13-6-7-14(2)17(12-13)21(27(5,24)25)15(3)18(22)20-10-8-16(9-11-20)19(23)26-4/h6-7,12,15-16H,8-11H2,1-5H3/t15-/m1/s1. The van der Waals surface area contributed by atoms with E-state index in [1.165, 1.54) is 11.4 Å². The maximum atomic E-state index is 13.0. The van der Waals surface area contributed by atoms with Gasteiger partial charge in [0.05, 0.1) is 25.0 Å². The van der Waals surface area contributed by atoms with Gasteiger partial charge in [-0.05, 0) is 50.8 Å². The van der Waals surface area contributed by atoms with Gasteiger partial charge in [-0.3, -0.25) is 13.9 Å². The molecular weight excluding hydrogens is 368 g/mol. The fourth-order valence-electron chi connectivity index (χ4n) is 3.50. The molecule has 0 radical (unpaired) electrons. The summed E-state index contributed by atoms with van der Waals surface area (Å²) in [6.07, 6.45) is 2.16. The molecule has 0 spiro atoms. The maximum absolute atomic E-state index is 13.0. The van der Waals surface area contributed by atoms with Crippen molar-refractivity contribution in [1.82, 2.24) is 4.90 Å². The van der Waals surface area contributed by atoms with E-state index in [1.807, 2.05) is 26.0 Å². The molecule has 150 valence electrons. The molecule has 27 heavy (non-hydrogen) atoms. The molecule has 7 nitrogen and oxygen atoms in total. The van der Waals surface area contributed by atoms with Crippen molar-refractivity contribution in [2.45, 2.75) is 39.7 Å². The zero-order chi connectivity index (χ0) is 20.4. The van der Waals surface area contributed by atoms with Crippen molar-refractivity contribution in [2.75, 3.05) is 30.8 Å². The van der Waals surface area contributed by atoms with Crippen LogP contribution in [-0.2, 0) is 24.3 Å². The van der Waals surface area contributed by atoms with Crippen LogP contribution in [0.25, 0.3) is 0 Å². The van der Waals surface area contributed by atoms with E-state index in [1.54, 1.807) is 17.9 Å². The summed E-state index contributed by atoms with van der Waals surface area (Å²) in [5.74, 6) is -0.729. The van der Waals surface area contributed by atoms with E-state index >= 15 is 0 Å². The van der Waals surface area contributed by atoms with Crippen molar-refractivity contribution in [2.24, 2.45) is 5.92 Å². The Morgan fingerprint density at radius 3 is 2.33 bits per heavy atom. The van der Waals surface area contributed by atoms with Crippen LogP contribution in [0.2, 0.25) is 0 Å². The summed E-state index contributed by atoms with van der Waals surface area (Å²) in [6.45, 7) is 6.14. The average Bonchev–Trinajstić information content (AvgIpc) is 2.62. The number of nitrogens with zero attached hydrogens (tertiary/aromatic N) is 2. The van der Waals surface area contributed by atoms with Crippen LogP contribution >= 0.6 is 0 Å². The number of rotatable bonds is 5. The molecule has 1 atom stereocenters. The Morgan fingerprint density at radius 2 is 1.81 bits per heavy atom. The predicted octanol–water partition coefficient (Wildman–Crippen LogP) is 1.87. The number of anilines is 1. The number of hydrogen-bond donors (Lipinski definition) is 0. The minimum absolute atomic E-state index is 0.209. The third-order valence-corrected chi connectivity index (χ3v) is 6.24. The zero-order valence-electron chi connectivity index (χ0n) is 16.6. The second-order valence-corrected chi connectivity index (χ2v) is 9.01. The molecule has 0 saturated carbocycles. The molecule has 1 saturated heterocycles. The molecule has 0 bridgehead atoms. The van der Waals surface area contributed by atoms with Gasteiger partial charge >= 0.3 is 5.97 Å². The molecule has 2 rings (SSSR count). The van der Waals surface area contributed by atoms with E-state index < -0.39 is 16.1 Å². The Balaban J connectivity index is 2.24. The third kappa shape index (κ3) is 4.80. The first-order valence-corrected chi connectivity index (χ1v) is 10.8. The summed E-state index contributed by atoms with van der Waals surface area (Å²) < 4.78 is 31.0. The molecule has 8 heteroatoms. The van der Waals surface area contributed by atoms with Crippen LogP contribution in [0.1, 0.15) is 30.9 Å². The number of methoxy groups -OCH3 is 1. The Morgan fingerprint density at radius 1 is 1.22 bits per heavy atom. The van der Waals surface area contributed by atoms with Gasteiger partial charge in [0.2, 0.25) is 15.9 Å². The van der Waals surface area contributed by atoms with Crippen molar-refractivity contribution in [3.63, 3.8) is 0 Å². The minimum Gasteiger partial charge on any atom is -0.469 e. The van der Waals surface area contributed by atoms with Crippen molar-refractivity contribution < 1.29 is 22.7 Å². The number of sulfonamides is 1. The molecule has 1 heterocycles. The second-order valence-electron chi connectivity index (χ2n) is 7.15. The Hall–Kier alpha value is -2.09. The molecule has 1 aliphatic heterocycles. The zero-order valence-corrected chi connectivity index (χ0v) is 17.4. The fourth-order valence-corrected chi connectivity index (χ4v) is 4.72. The number of carbonyl (C=O) groups excluding carboxylic acids is 2. The Bertz CT molecular complexity index is 813. The molecule has 1 amide bonds. The maximum Gasteiger partial charge on any atom is 0.308 e. The van der Waals surface area contributed by atoms with Gasteiger partial charge in [0.15, 0.2) is 0 Å².